The van der Waals surface area contributed by atoms with Crippen LogP contribution in [0.1, 0.15) is 48.3 Å². The predicted molar refractivity (Wildman–Crippen MR) is 85.6 cm³/mol. The smallest absolute Gasteiger partial charge is 0.165 e. The maximum absolute atomic E-state index is 12.2. The van der Waals surface area contributed by atoms with Crippen LogP contribution in [-0.2, 0) is 19.4 Å². The number of benzene rings is 1. The van der Waals surface area contributed by atoms with Crippen molar-refractivity contribution < 1.29 is 4.79 Å². The van der Waals surface area contributed by atoms with Crippen molar-refractivity contribution in [3.05, 3.63) is 59.4 Å². The first-order valence-electron chi connectivity index (χ1n) is 7.80. The fourth-order valence-electron chi connectivity index (χ4n) is 3.31. The highest BCUT2D eigenvalue weighted by molar-refractivity contribution is 5.98. The monoisotopic (exact) mass is 281 g/mol. The van der Waals surface area contributed by atoms with E-state index in [4.69, 9.17) is 0 Å². The molecule has 1 aromatic heterocycles. The molecule has 0 aliphatic heterocycles. The molecule has 3 rings (SSSR count). The number of Topliss-reactive ketones (excluding diaryl/α,β-unsaturated/α-hetero) is 1. The molecule has 0 saturated carbocycles. The van der Waals surface area contributed by atoms with Gasteiger partial charge in [-0.25, -0.2) is 0 Å². The van der Waals surface area contributed by atoms with Gasteiger partial charge >= 0.3 is 0 Å². The summed E-state index contributed by atoms with van der Waals surface area (Å²) < 4.78 is 2.29. The minimum absolute atomic E-state index is 0.0968. The standard InChI is InChI=1S/C19H23NO/c1-19(2)13-17-16(18(21)14-19)10-12-20(17)11-6-9-15-7-4-3-5-8-15/h3-5,7-8,10,12H,6,9,11,13-14H2,1-2H3. The number of carbonyl (C=O) groups excluding carboxylic acids is 1. The van der Waals surface area contributed by atoms with E-state index in [1.807, 2.05) is 6.07 Å². The minimum Gasteiger partial charge on any atom is -0.351 e. The van der Waals surface area contributed by atoms with E-state index in [2.05, 4.69) is 54.9 Å². The number of aromatic nitrogens is 1. The molecule has 0 atom stereocenters. The van der Waals surface area contributed by atoms with Crippen LogP contribution in [0, 0.1) is 5.41 Å². The summed E-state index contributed by atoms with van der Waals surface area (Å²) in [4.78, 5) is 12.2. The van der Waals surface area contributed by atoms with E-state index in [-0.39, 0.29) is 5.41 Å². The Hall–Kier alpha value is -1.83. The maximum atomic E-state index is 12.2. The van der Waals surface area contributed by atoms with Gasteiger partial charge in [0, 0.05) is 30.4 Å². The zero-order chi connectivity index (χ0) is 14.9. The molecule has 21 heavy (non-hydrogen) atoms. The largest absolute Gasteiger partial charge is 0.351 e. The van der Waals surface area contributed by atoms with Gasteiger partial charge in [0.25, 0.3) is 0 Å². The molecule has 0 fully saturated rings. The Morgan fingerprint density at radius 3 is 2.62 bits per heavy atom. The number of fused-ring (bicyclic) bond motifs is 1. The Kier molecular flexibility index (Phi) is 3.71. The third kappa shape index (κ3) is 3.10. The first kappa shape index (κ1) is 14.1. The molecule has 0 unspecified atom stereocenters. The van der Waals surface area contributed by atoms with Gasteiger partial charge in [-0.15, -0.1) is 0 Å². The minimum atomic E-state index is 0.0968. The molecule has 2 heteroatoms. The highest BCUT2D eigenvalue weighted by Gasteiger charge is 2.32. The Balaban J connectivity index is 1.69. The Labute approximate surface area is 126 Å². The average Bonchev–Trinajstić information content (AvgIpc) is 2.82. The molecule has 0 radical (unpaired) electrons. The number of nitrogens with zero attached hydrogens (tertiary/aromatic N) is 1. The fourth-order valence-corrected chi connectivity index (χ4v) is 3.31. The summed E-state index contributed by atoms with van der Waals surface area (Å²) in [7, 11) is 0. The van der Waals surface area contributed by atoms with Gasteiger partial charge in [0.2, 0.25) is 0 Å². The van der Waals surface area contributed by atoms with Crippen LogP contribution in [0.3, 0.4) is 0 Å². The molecule has 1 heterocycles. The first-order chi connectivity index (χ1) is 10.1. The normalized spacial score (nSPS) is 16.8. The van der Waals surface area contributed by atoms with Gasteiger partial charge in [-0.1, -0.05) is 44.2 Å². The van der Waals surface area contributed by atoms with Crippen LogP contribution in [0.2, 0.25) is 0 Å². The zero-order valence-electron chi connectivity index (χ0n) is 12.9. The van der Waals surface area contributed by atoms with Crippen molar-refractivity contribution in [2.45, 2.75) is 46.1 Å². The summed E-state index contributed by atoms with van der Waals surface area (Å²) in [5.74, 6) is 0.308. The number of carbonyl (C=O) groups is 1. The van der Waals surface area contributed by atoms with Gasteiger partial charge in [0.15, 0.2) is 5.78 Å². The van der Waals surface area contributed by atoms with Gasteiger partial charge in [-0.05, 0) is 36.3 Å². The summed E-state index contributed by atoms with van der Waals surface area (Å²) in [6, 6.07) is 12.6. The summed E-state index contributed by atoms with van der Waals surface area (Å²) in [6.45, 7) is 5.37. The summed E-state index contributed by atoms with van der Waals surface area (Å²) in [6.07, 6.45) is 5.97. The van der Waals surface area contributed by atoms with Gasteiger partial charge in [0.1, 0.15) is 0 Å². The average molecular weight is 281 g/mol. The quantitative estimate of drug-likeness (QED) is 0.820. The molecule has 0 amide bonds. The van der Waals surface area contributed by atoms with Crippen LogP contribution in [-0.4, -0.2) is 10.4 Å². The molecule has 2 nitrogen and oxygen atoms in total. The summed E-state index contributed by atoms with van der Waals surface area (Å²) in [5.41, 5.74) is 3.67. The van der Waals surface area contributed by atoms with Crippen LogP contribution >= 0.6 is 0 Å². The topological polar surface area (TPSA) is 22.0 Å². The number of hydrogen-bond acceptors (Lipinski definition) is 1. The van der Waals surface area contributed by atoms with Crippen molar-refractivity contribution in [2.24, 2.45) is 5.41 Å². The van der Waals surface area contributed by atoms with Crippen LogP contribution in [0.25, 0.3) is 0 Å². The first-order valence-corrected chi connectivity index (χ1v) is 7.80. The number of hydrogen-bond donors (Lipinski definition) is 0. The molecule has 110 valence electrons. The molecule has 1 aliphatic rings. The van der Waals surface area contributed by atoms with Crippen molar-refractivity contribution in [1.29, 1.82) is 0 Å². The molecule has 0 spiro atoms. The predicted octanol–water partition coefficient (Wildman–Crippen LogP) is 4.28. The van der Waals surface area contributed by atoms with Crippen LogP contribution in [0.4, 0.5) is 0 Å². The lowest BCUT2D eigenvalue weighted by Gasteiger charge is -2.29. The van der Waals surface area contributed by atoms with Gasteiger partial charge < -0.3 is 4.57 Å². The van der Waals surface area contributed by atoms with E-state index in [9.17, 15) is 4.79 Å². The molecule has 0 bridgehead atoms. The Morgan fingerprint density at radius 2 is 1.86 bits per heavy atom. The molecule has 1 aromatic carbocycles. The third-order valence-corrected chi connectivity index (χ3v) is 4.37. The van der Waals surface area contributed by atoms with Crippen LogP contribution in [0.15, 0.2) is 42.6 Å². The van der Waals surface area contributed by atoms with Crippen molar-refractivity contribution in [3.8, 4) is 0 Å². The van der Waals surface area contributed by atoms with Crippen molar-refractivity contribution in [3.63, 3.8) is 0 Å². The van der Waals surface area contributed by atoms with E-state index >= 15 is 0 Å². The Morgan fingerprint density at radius 1 is 1.10 bits per heavy atom. The Bertz CT molecular complexity index is 637. The van der Waals surface area contributed by atoms with E-state index in [1.165, 1.54) is 11.3 Å². The summed E-state index contributed by atoms with van der Waals surface area (Å²) in [5, 5.41) is 0. The molecular formula is C19H23NO. The van der Waals surface area contributed by atoms with Crippen molar-refractivity contribution >= 4 is 5.78 Å². The molecule has 1 aliphatic carbocycles. The SMILES string of the molecule is CC1(C)CC(=O)c2ccn(CCCc3ccccc3)c2C1. The molecule has 0 saturated heterocycles. The van der Waals surface area contributed by atoms with Gasteiger partial charge in [0.05, 0.1) is 0 Å². The number of rotatable bonds is 4. The van der Waals surface area contributed by atoms with E-state index in [0.29, 0.717) is 12.2 Å². The molecular weight excluding hydrogens is 258 g/mol. The van der Waals surface area contributed by atoms with Crippen molar-refractivity contribution in [2.75, 3.05) is 0 Å². The lowest BCUT2D eigenvalue weighted by molar-refractivity contribution is 0.0910. The van der Waals surface area contributed by atoms with Gasteiger partial charge in [-0.2, -0.15) is 0 Å². The third-order valence-electron chi connectivity index (χ3n) is 4.37. The molecule has 0 N–H and O–H groups in total. The van der Waals surface area contributed by atoms with E-state index in [0.717, 1.165) is 31.4 Å². The zero-order valence-corrected chi connectivity index (χ0v) is 12.9. The van der Waals surface area contributed by atoms with Gasteiger partial charge in [-0.3, -0.25) is 4.79 Å². The second-order valence-corrected chi connectivity index (χ2v) is 6.90. The lowest BCUT2D eigenvalue weighted by Crippen LogP contribution is -2.28. The lowest BCUT2D eigenvalue weighted by atomic mass is 9.76. The van der Waals surface area contributed by atoms with E-state index in [1.54, 1.807) is 0 Å². The van der Waals surface area contributed by atoms with E-state index < -0.39 is 0 Å². The molecule has 2 aromatic rings. The van der Waals surface area contributed by atoms with Crippen molar-refractivity contribution in [1.82, 2.24) is 4.57 Å². The number of ketones is 1. The number of aryl methyl sites for hydroxylation is 2. The highest BCUT2D eigenvalue weighted by atomic mass is 16.1. The highest BCUT2D eigenvalue weighted by Crippen LogP contribution is 2.35. The second-order valence-electron chi connectivity index (χ2n) is 6.90. The summed E-state index contributed by atoms with van der Waals surface area (Å²) >= 11 is 0. The van der Waals surface area contributed by atoms with Crippen LogP contribution < -0.4 is 0 Å². The fraction of sp³-hybridized carbons (Fsp3) is 0.421. The maximum Gasteiger partial charge on any atom is 0.165 e. The second kappa shape index (κ2) is 5.51. The van der Waals surface area contributed by atoms with Crippen LogP contribution in [0.5, 0.6) is 0 Å².